The first-order valence-corrected chi connectivity index (χ1v) is 6.09. The van der Waals surface area contributed by atoms with Crippen molar-refractivity contribution in [1.82, 2.24) is 9.13 Å². The molecule has 0 radical (unpaired) electrons. The zero-order valence-electron chi connectivity index (χ0n) is 11.1. The van der Waals surface area contributed by atoms with Gasteiger partial charge in [-0.15, -0.1) is 0 Å². The Morgan fingerprint density at radius 3 is 2.90 bits per heavy atom. The van der Waals surface area contributed by atoms with Crippen molar-refractivity contribution in [3.05, 3.63) is 43.0 Å². The highest BCUT2D eigenvalue weighted by Crippen LogP contribution is 2.29. The van der Waals surface area contributed by atoms with E-state index in [2.05, 4.69) is 10.0 Å². The fourth-order valence-corrected chi connectivity index (χ4v) is 2.29. The van der Waals surface area contributed by atoms with Crippen LogP contribution in [0, 0.1) is 6.92 Å². The van der Waals surface area contributed by atoms with Gasteiger partial charge in [-0.3, -0.25) is 13.9 Å². The lowest BCUT2D eigenvalue weighted by Gasteiger charge is -2.16. The minimum absolute atomic E-state index is 0.271. The normalized spacial score (nSPS) is 25.4. The molecule has 108 valence electrons. The number of nitrogens with zero attached hydrogens (tertiary/aromatic N) is 5. The molecule has 20 heavy (non-hydrogen) atoms. The van der Waals surface area contributed by atoms with Gasteiger partial charge in [-0.2, -0.15) is 0 Å². The summed E-state index contributed by atoms with van der Waals surface area (Å²) in [5, 5.41) is 12.8. The third-order valence-electron chi connectivity index (χ3n) is 3.38. The number of aliphatic hydroxyl groups is 1. The highest BCUT2D eigenvalue weighted by Gasteiger charge is 2.35. The van der Waals surface area contributed by atoms with E-state index in [9.17, 15) is 14.7 Å². The van der Waals surface area contributed by atoms with Crippen molar-refractivity contribution >= 4 is 0 Å². The molecule has 0 aromatic carbocycles. The Labute approximate surface area is 113 Å². The summed E-state index contributed by atoms with van der Waals surface area (Å²) in [6.45, 7) is 1.29. The van der Waals surface area contributed by atoms with Crippen LogP contribution in [-0.4, -0.2) is 33.0 Å². The number of hydrogen-bond acceptors (Lipinski definition) is 5. The SMILES string of the molecule is Cc1cn([C@H]2C[C@@H](N=[N+]=[N-])C(CO)O2)c(=O)n(C)c1=O. The van der Waals surface area contributed by atoms with E-state index in [-0.39, 0.29) is 18.6 Å². The number of azide groups is 1. The minimum atomic E-state index is -0.666. The molecule has 9 heteroatoms. The second-order valence-corrected chi connectivity index (χ2v) is 4.69. The number of aromatic nitrogens is 2. The smallest absolute Gasteiger partial charge is 0.332 e. The fourth-order valence-electron chi connectivity index (χ4n) is 2.29. The molecule has 1 aromatic rings. The molecule has 1 N–H and O–H groups in total. The van der Waals surface area contributed by atoms with E-state index in [0.29, 0.717) is 5.56 Å². The highest BCUT2D eigenvalue weighted by molar-refractivity contribution is 5.03. The van der Waals surface area contributed by atoms with Crippen molar-refractivity contribution in [2.75, 3.05) is 6.61 Å². The van der Waals surface area contributed by atoms with E-state index in [1.807, 2.05) is 0 Å². The van der Waals surface area contributed by atoms with Gasteiger partial charge in [-0.1, -0.05) is 5.11 Å². The molecule has 0 saturated carbocycles. The van der Waals surface area contributed by atoms with Gasteiger partial charge < -0.3 is 9.84 Å². The van der Waals surface area contributed by atoms with Crippen LogP contribution in [-0.2, 0) is 11.8 Å². The first kappa shape index (κ1) is 14.3. The lowest BCUT2D eigenvalue weighted by atomic mass is 10.1. The lowest BCUT2D eigenvalue weighted by molar-refractivity contribution is -0.0276. The largest absolute Gasteiger partial charge is 0.394 e. The summed E-state index contributed by atoms with van der Waals surface area (Å²) in [6.07, 6.45) is 0.371. The molecule has 1 unspecified atom stereocenters. The third-order valence-corrected chi connectivity index (χ3v) is 3.38. The molecule has 3 atom stereocenters. The summed E-state index contributed by atoms with van der Waals surface area (Å²) >= 11 is 0. The molecule has 2 rings (SSSR count). The zero-order chi connectivity index (χ0) is 14.9. The van der Waals surface area contributed by atoms with Crippen molar-refractivity contribution in [2.45, 2.75) is 31.7 Å². The standard InChI is InChI=1S/C11H15N5O4/c1-6-4-16(11(19)15(2)10(6)18)9-3-7(13-14-12)8(5-17)20-9/h4,7-9,17H,3,5H2,1-2H3/t7-,8?,9-/m1/s1. The molecule has 2 heterocycles. The first-order chi connectivity index (χ1) is 9.49. The summed E-state index contributed by atoms with van der Waals surface area (Å²) < 4.78 is 7.80. The van der Waals surface area contributed by atoms with Gasteiger partial charge in [0.15, 0.2) is 0 Å². The van der Waals surface area contributed by atoms with Crippen molar-refractivity contribution in [3.8, 4) is 0 Å². The summed E-state index contributed by atoms with van der Waals surface area (Å²) in [5.74, 6) is 0. The molecular weight excluding hydrogens is 266 g/mol. The van der Waals surface area contributed by atoms with Crippen molar-refractivity contribution < 1.29 is 9.84 Å². The Bertz CT molecular complexity index is 672. The van der Waals surface area contributed by atoms with Crippen molar-refractivity contribution in [2.24, 2.45) is 12.2 Å². The summed E-state index contributed by atoms with van der Waals surface area (Å²) in [4.78, 5) is 26.4. The van der Waals surface area contributed by atoms with Crippen LogP contribution < -0.4 is 11.2 Å². The van der Waals surface area contributed by atoms with Crippen LogP contribution in [0.15, 0.2) is 20.9 Å². The van der Waals surface area contributed by atoms with Gasteiger partial charge in [0, 0.05) is 30.1 Å². The van der Waals surface area contributed by atoms with Crippen LogP contribution in [0.1, 0.15) is 18.2 Å². The first-order valence-electron chi connectivity index (χ1n) is 6.09. The molecule has 1 aromatic heterocycles. The molecule has 1 saturated heterocycles. The van der Waals surface area contributed by atoms with Crippen LogP contribution in [0.4, 0.5) is 0 Å². The minimum Gasteiger partial charge on any atom is -0.394 e. The average Bonchev–Trinajstić information content (AvgIpc) is 2.84. The number of aliphatic hydroxyl groups excluding tert-OH is 1. The highest BCUT2D eigenvalue weighted by atomic mass is 16.5. The predicted octanol–water partition coefficient (Wildman–Crippen LogP) is -0.186. The monoisotopic (exact) mass is 281 g/mol. The Kier molecular flexibility index (Phi) is 3.93. The fraction of sp³-hybridized carbons (Fsp3) is 0.636. The second kappa shape index (κ2) is 5.49. The number of hydrogen-bond donors (Lipinski definition) is 1. The molecule has 0 aliphatic carbocycles. The maximum atomic E-state index is 12.1. The van der Waals surface area contributed by atoms with Crippen LogP contribution in [0.5, 0.6) is 0 Å². The zero-order valence-corrected chi connectivity index (χ0v) is 11.1. The predicted molar refractivity (Wildman–Crippen MR) is 69.2 cm³/mol. The van der Waals surface area contributed by atoms with E-state index in [0.717, 1.165) is 4.57 Å². The summed E-state index contributed by atoms with van der Waals surface area (Å²) in [7, 11) is 1.39. The van der Waals surface area contributed by atoms with Gasteiger partial charge in [0.2, 0.25) is 0 Å². The molecule has 9 nitrogen and oxygen atoms in total. The van der Waals surface area contributed by atoms with Crippen LogP contribution in [0.25, 0.3) is 10.4 Å². The molecule has 0 spiro atoms. The van der Waals surface area contributed by atoms with Crippen LogP contribution >= 0.6 is 0 Å². The topological polar surface area (TPSA) is 122 Å². The Balaban J connectivity index is 2.42. The van der Waals surface area contributed by atoms with Crippen molar-refractivity contribution in [1.29, 1.82) is 0 Å². The number of ether oxygens (including phenoxy) is 1. The van der Waals surface area contributed by atoms with E-state index in [1.54, 1.807) is 6.92 Å². The Morgan fingerprint density at radius 2 is 2.30 bits per heavy atom. The van der Waals surface area contributed by atoms with Gasteiger partial charge in [0.05, 0.1) is 18.8 Å². The lowest BCUT2D eigenvalue weighted by Crippen LogP contribution is -2.40. The molecule has 1 fully saturated rings. The second-order valence-electron chi connectivity index (χ2n) is 4.69. The maximum absolute atomic E-state index is 12.1. The van der Waals surface area contributed by atoms with Gasteiger partial charge >= 0.3 is 5.69 Å². The van der Waals surface area contributed by atoms with Gasteiger partial charge in [0.1, 0.15) is 6.23 Å². The maximum Gasteiger partial charge on any atom is 0.332 e. The number of aryl methyl sites for hydroxylation is 1. The summed E-state index contributed by atoms with van der Waals surface area (Å²) in [6, 6.07) is -0.542. The molecular formula is C11H15N5O4. The Hall–Kier alpha value is -2.09. The van der Waals surface area contributed by atoms with Crippen molar-refractivity contribution in [3.63, 3.8) is 0 Å². The van der Waals surface area contributed by atoms with Gasteiger partial charge in [-0.25, -0.2) is 4.79 Å². The van der Waals surface area contributed by atoms with Gasteiger partial charge in [-0.05, 0) is 12.5 Å². The summed E-state index contributed by atoms with van der Waals surface area (Å²) in [5.41, 5.74) is 8.01. The van der Waals surface area contributed by atoms with Crippen LogP contribution in [0.3, 0.4) is 0 Å². The van der Waals surface area contributed by atoms with E-state index in [1.165, 1.54) is 17.8 Å². The Morgan fingerprint density at radius 1 is 1.60 bits per heavy atom. The van der Waals surface area contributed by atoms with Crippen LogP contribution in [0.2, 0.25) is 0 Å². The molecule has 0 bridgehead atoms. The van der Waals surface area contributed by atoms with E-state index >= 15 is 0 Å². The van der Waals surface area contributed by atoms with E-state index < -0.39 is 24.1 Å². The molecule has 1 aliphatic rings. The quantitative estimate of drug-likeness (QED) is 0.468. The molecule has 0 amide bonds. The third kappa shape index (κ3) is 2.34. The van der Waals surface area contributed by atoms with Gasteiger partial charge in [0.25, 0.3) is 5.56 Å². The number of rotatable bonds is 3. The molecule has 1 aliphatic heterocycles. The average molecular weight is 281 g/mol. The van der Waals surface area contributed by atoms with E-state index in [4.69, 9.17) is 10.3 Å².